The van der Waals surface area contributed by atoms with Crippen molar-refractivity contribution in [3.63, 3.8) is 0 Å². The van der Waals surface area contributed by atoms with Crippen molar-refractivity contribution >= 4 is 5.69 Å². The van der Waals surface area contributed by atoms with Crippen LogP contribution in [0.25, 0.3) is 0 Å². The van der Waals surface area contributed by atoms with Gasteiger partial charge in [0.25, 0.3) is 0 Å². The zero-order chi connectivity index (χ0) is 10.1. The molecule has 0 saturated heterocycles. The average Bonchev–Trinajstić information content (AvgIpc) is 2.28. The number of aliphatic hydroxyl groups excluding tert-OH is 1. The van der Waals surface area contributed by atoms with E-state index < -0.39 is 6.10 Å². The molecule has 0 amide bonds. The van der Waals surface area contributed by atoms with Crippen LogP contribution >= 0.6 is 0 Å². The maximum Gasteiger partial charge on any atom is 0.125 e. The van der Waals surface area contributed by atoms with E-state index in [2.05, 4.69) is 5.32 Å². The quantitative estimate of drug-likeness (QED) is 0.580. The summed E-state index contributed by atoms with van der Waals surface area (Å²) in [7, 11) is 0. The second-order valence-corrected chi connectivity index (χ2v) is 3.56. The lowest BCUT2D eigenvalue weighted by atomic mass is 10.0. The Morgan fingerprint density at radius 1 is 1.50 bits per heavy atom. The molecule has 4 N–H and O–H groups in total. The van der Waals surface area contributed by atoms with Gasteiger partial charge in [0.2, 0.25) is 0 Å². The lowest BCUT2D eigenvalue weighted by Gasteiger charge is -2.16. The highest BCUT2D eigenvalue weighted by Crippen LogP contribution is 2.29. The van der Waals surface area contributed by atoms with Crippen LogP contribution in [0, 0.1) is 5.82 Å². The number of hydrogen-bond donors (Lipinski definition) is 3. The van der Waals surface area contributed by atoms with Crippen LogP contribution in [-0.4, -0.2) is 17.7 Å². The number of nitrogens with one attached hydrogen (secondary N) is 1. The molecule has 1 aliphatic heterocycles. The summed E-state index contributed by atoms with van der Waals surface area (Å²) < 4.78 is 12.9. The highest BCUT2D eigenvalue weighted by molar-refractivity contribution is 5.53. The normalized spacial score (nSPS) is 26.2. The Labute approximate surface area is 81.7 Å². The third-order valence-electron chi connectivity index (χ3n) is 2.53. The summed E-state index contributed by atoms with van der Waals surface area (Å²) in [5.41, 5.74) is 7.07. The van der Waals surface area contributed by atoms with Crippen molar-refractivity contribution < 1.29 is 9.50 Å². The molecular weight excluding hydrogens is 183 g/mol. The largest absolute Gasteiger partial charge is 0.387 e. The molecule has 0 saturated carbocycles. The average molecular weight is 196 g/mol. The first kappa shape index (κ1) is 9.43. The van der Waals surface area contributed by atoms with Gasteiger partial charge in [-0.1, -0.05) is 6.07 Å². The number of aliphatic hydroxyl groups is 1. The molecule has 4 heteroatoms. The molecule has 0 bridgehead atoms. The molecule has 1 aromatic carbocycles. The van der Waals surface area contributed by atoms with E-state index in [9.17, 15) is 9.50 Å². The summed E-state index contributed by atoms with van der Waals surface area (Å²) in [5, 5.41) is 12.9. The van der Waals surface area contributed by atoms with Crippen LogP contribution in [0.5, 0.6) is 0 Å². The first-order valence-electron chi connectivity index (χ1n) is 4.65. The van der Waals surface area contributed by atoms with Crippen LogP contribution in [0.3, 0.4) is 0 Å². The van der Waals surface area contributed by atoms with Crippen LogP contribution in [0.2, 0.25) is 0 Å². The lowest BCUT2D eigenvalue weighted by molar-refractivity contribution is 0.146. The number of rotatable bonds is 0. The Balaban J connectivity index is 2.43. The minimum absolute atomic E-state index is 0.283. The van der Waals surface area contributed by atoms with E-state index in [4.69, 9.17) is 5.73 Å². The van der Waals surface area contributed by atoms with E-state index >= 15 is 0 Å². The number of nitrogens with two attached hydrogens (primary N) is 1. The fourth-order valence-corrected chi connectivity index (χ4v) is 1.70. The molecule has 1 heterocycles. The SMILES string of the molecule is NC1CCNc2cc(F)ccc2C1O. The van der Waals surface area contributed by atoms with Gasteiger partial charge in [0, 0.05) is 23.8 Å². The molecule has 2 unspecified atom stereocenters. The van der Waals surface area contributed by atoms with Gasteiger partial charge in [0.15, 0.2) is 0 Å². The summed E-state index contributed by atoms with van der Waals surface area (Å²) in [6.07, 6.45) is -0.0297. The number of halogens is 1. The zero-order valence-corrected chi connectivity index (χ0v) is 7.70. The van der Waals surface area contributed by atoms with E-state index in [1.165, 1.54) is 12.1 Å². The van der Waals surface area contributed by atoms with Gasteiger partial charge in [-0.15, -0.1) is 0 Å². The fraction of sp³-hybridized carbons (Fsp3) is 0.400. The second kappa shape index (κ2) is 3.55. The highest BCUT2D eigenvalue weighted by atomic mass is 19.1. The minimum Gasteiger partial charge on any atom is -0.387 e. The maximum atomic E-state index is 12.9. The molecule has 1 aliphatic rings. The molecule has 2 rings (SSSR count). The predicted octanol–water partition coefficient (Wildman–Crippen LogP) is 1.00. The van der Waals surface area contributed by atoms with Crippen molar-refractivity contribution in [1.82, 2.24) is 0 Å². The monoisotopic (exact) mass is 196 g/mol. The standard InChI is InChI=1S/C10H13FN2O/c11-6-1-2-7-9(5-6)13-4-3-8(12)10(7)14/h1-2,5,8,10,13-14H,3-4,12H2. The van der Waals surface area contributed by atoms with Crippen molar-refractivity contribution in [2.75, 3.05) is 11.9 Å². The van der Waals surface area contributed by atoms with E-state index in [0.29, 0.717) is 24.2 Å². The third kappa shape index (κ3) is 1.58. The first-order chi connectivity index (χ1) is 6.68. The number of benzene rings is 1. The van der Waals surface area contributed by atoms with Crippen LogP contribution in [0.1, 0.15) is 18.1 Å². The van der Waals surface area contributed by atoms with Gasteiger partial charge in [-0.3, -0.25) is 0 Å². The molecule has 0 aliphatic carbocycles. The first-order valence-corrected chi connectivity index (χ1v) is 4.65. The number of hydrogen-bond acceptors (Lipinski definition) is 3. The summed E-state index contributed by atoms with van der Waals surface area (Å²) in [6, 6.07) is 4.01. The summed E-state index contributed by atoms with van der Waals surface area (Å²) in [6.45, 7) is 0.661. The van der Waals surface area contributed by atoms with Gasteiger partial charge in [-0.2, -0.15) is 0 Å². The molecule has 2 atom stereocenters. The van der Waals surface area contributed by atoms with Gasteiger partial charge in [-0.25, -0.2) is 4.39 Å². The smallest absolute Gasteiger partial charge is 0.125 e. The van der Waals surface area contributed by atoms with Crippen molar-refractivity contribution in [2.45, 2.75) is 18.6 Å². The van der Waals surface area contributed by atoms with Crippen LogP contribution in [-0.2, 0) is 0 Å². The Bertz CT molecular complexity index is 343. The van der Waals surface area contributed by atoms with Gasteiger partial charge < -0.3 is 16.2 Å². The second-order valence-electron chi connectivity index (χ2n) is 3.56. The number of fused-ring (bicyclic) bond motifs is 1. The maximum absolute atomic E-state index is 12.9. The molecular formula is C10H13FN2O. The summed E-state index contributed by atoms with van der Waals surface area (Å²) >= 11 is 0. The lowest BCUT2D eigenvalue weighted by Crippen LogP contribution is -2.28. The number of anilines is 1. The van der Waals surface area contributed by atoms with Gasteiger partial charge in [0.1, 0.15) is 5.82 Å². The predicted molar refractivity (Wildman–Crippen MR) is 52.4 cm³/mol. The van der Waals surface area contributed by atoms with Gasteiger partial charge in [-0.05, 0) is 18.6 Å². The Morgan fingerprint density at radius 3 is 3.07 bits per heavy atom. The topological polar surface area (TPSA) is 58.3 Å². The van der Waals surface area contributed by atoms with E-state index in [1.807, 2.05) is 0 Å². The van der Waals surface area contributed by atoms with Crippen molar-refractivity contribution in [3.05, 3.63) is 29.6 Å². The van der Waals surface area contributed by atoms with Crippen molar-refractivity contribution in [3.8, 4) is 0 Å². The third-order valence-corrected chi connectivity index (χ3v) is 2.53. The van der Waals surface area contributed by atoms with E-state index in [1.54, 1.807) is 6.07 Å². The molecule has 0 spiro atoms. The molecule has 1 aromatic rings. The Morgan fingerprint density at radius 2 is 2.29 bits per heavy atom. The van der Waals surface area contributed by atoms with Crippen LogP contribution < -0.4 is 11.1 Å². The molecule has 0 aromatic heterocycles. The highest BCUT2D eigenvalue weighted by Gasteiger charge is 2.22. The molecule has 0 radical (unpaired) electrons. The minimum atomic E-state index is -0.708. The molecule has 76 valence electrons. The van der Waals surface area contributed by atoms with E-state index in [-0.39, 0.29) is 11.9 Å². The van der Waals surface area contributed by atoms with Crippen LogP contribution in [0.4, 0.5) is 10.1 Å². The van der Waals surface area contributed by atoms with Crippen LogP contribution in [0.15, 0.2) is 18.2 Å². The van der Waals surface area contributed by atoms with Gasteiger partial charge in [0.05, 0.1) is 6.10 Å². The Kier molecular flexibility index (Phi) is 2.39. The Hall–Kier alpha value is -1.13. The fourth-order valence-electron chi connectivity index (χ4n) is 1.70. The summed E-state index contributed by atoms with van der Waals surface area (Å²) in [4.78, 5) is 0. The van der Waals surface area contributed by atoms with Crippen molar-refractivity contribution in [1.29, 1.82) is 0 Å². The van der Waals surface area contributed by atoms with E-state index in [0.717, 1.165) is 0 Å². The summed E-state index contributed by atoms with van der Waals surface area (Å²) in [5.74, 6) is -0.307. The van der Waals surface area contributed by atoms with Crippen molar-refractivity contribution in [2.24, 2.45) is 5.73 Å². The molecule has 14 heavy (non-hydrogen) atoms. The molecule has 3 nitrogen and oxygen atoms in total. The molecule has 0 fully saturated rings. The van der Waals surface area contributed by atoms with Gasteiger partial charge >= 0.3 is 0 Å². The zero-order valence-electron chi connectivity index (χ0n) is 7.70.